The Morgan fingerprint density at radius 3 is 1.29 bits per heavy atom. The zero-order valence-electron chi connectivity index (χ0n) is 37.2. The summed E-state index contributed by atoms with van der Waals surface area (Å²) in [4.78, 5) is 41.4. The molecule has 2 saturated carbocycles. The number of ketones is 1. The van der Waals surface area contributed by atoms with Gasteiger partial charge in [0.2, 0.25) is 0 Å². The first-order valence-corrected chi connectivity index (χ1v) is 25.3. The summed E-state index contributed by atoms with van der Waals surface area (Å²) in [6, 6.07) is 33.9. The van der Waals surface area contributed by atoms with Gasteiger partial charge < -0.3 is 20.1 Å². The maximum atomic E-state index is 13.3. The standard InChI is InChI=1S/C28H25Cl3N2O3.C26H21Cl3N2O2/c29-22-5-2-1-4-19(22)20-14-18(17-8-10-28(11-9-17)35-12-13-36-28)15-25-21(20)16-32-27(34)33(25)26-23(30)6-3-7-24(26)31;27-21-5-2-1-4-18(21)19-12-16(15-8-10-17(32)11-9-15)13-24-20(19)14-30-26(33)31(24)25-22(28)6-3-7-23(25)29/h1-7,14-15,17H,8-13,16H2,(H,32,34);1-7,12-13,15H,8-11,14H2,(H,30,33). The lowest BCUT2D eigenvalue weighted by molar-refractivity contribution is -0.178. The van der Waals surface area contributed by atoms with Crippen LogP contribution >= 0.6 is 69.6 Å². The molecular weight excluding hydrogens is 997 g/mol. The van der Waals surface area contributed by atoms with E-state index in [1.807, 2.05) is 48.5 Å². The quantitative estimate of drug-likeness (QED) is 0.173. The number of carbonyl (C=O) groups is 3. The van der Waals surface area contributed by atoms with Crippen LogP contribution < -0.4 is 20.4 Å². The van der Waals surface area contributed by atoms with Crippen molar-refractivity contribution in [1.82, 2.24) is 10.6 Å². The van der Waals surface area contributed by atoms with Crippen molar-refractivity contribution in [3.63, 3.8) is 0 Å². The molecule has 3 aliphatic heterocycles. The number of carbonyl (C=O) groups excluding carboxylic acids is 3. The molecule has 4 amide bonds. The van der Waals surface area contributed by atoms with Crippen molar-refractivity contribution in [2.75, 3.05) is 23.0 Å². The molecule has 0 radical (unpaired) electrons. The van der Waals surface area contributed by atoms with Crippen molar-refractivity contribution in [3.05, 3.63) is 162 Å². The molecule has 3 heterocycles. The number of anilines is 4. The fourth-order valence-corrected chi connectivity index (χ4v) is 12.1. The molecule has 0 aromatic heterocycles. The third-order valence-electron chi connectivity index (χ3n) is 13.9. The van der Waals surface area contributed by atoms with Gasteiger partial charge in [0.25, 0.3) is 0 Å². The normalized spacial score (nSPS) is 18.0. The number of amides is 4. The lowest BCUT2D eigenvalue weighted by Crippen LogP contribution is -2.42. The van der Waals surface area contributed by atoms with Gasteiger partial charge in [-0.25, -0.2) is 9.59 Å². The molecule has 11 rings (SSSR count). The number of rotatable bonds is 6. The minimum atomic E-state index is -0.437. The third-order valence-corrected chi connectivity index (χ3v) is 15.8. The number of hydrogen-bond acceptors (Lipinski definition) is 5. The van der Waals surface area contributed by atoms with E-state index in [1.165, 1.54) is 0 Å². The third kappa shape index (κ3) is 9.45. The molecule has 1 spiro atoms. The van der Waals surface area contributed by atoms with Crippen LogP contribution in [0.25, 0.3) is 22.3 Å². The van der Waals surface area contributed by atoms with Crippen LogP contribution in [0.1, 0.15) is 85.5 Å². The van der Waals surface area contributed by atoms with Crippen molar-refractivity contribution < 1.29 is 23.9 Å². The minimum Gasteiger partial charge on any atom is -0.348 e. The Bertz CT molecular complexity index is 2950. The van der Waals surface area contributed by atoms with E-state index in [9.17, 15) is 14.4 Å². The predicted octanol–water partition coefficient (Wildman–Crippen LogP) is 16.0. The van der Waals surface area contributed by atoms with Crippen LogP contribution in [0.3, 0.4) is 0 Å². The molecular formula is C54H46Cl6N4O5. The number of urea groups is 2. The maximum absolute atomic E-state index is 13.3. The molecule has 0 bridgehead atoms. The van der Waals surface area contributed by atoms with Crippen LogP contribution in [-0.4, -0.2) is 36.8 Å². The van der Waals surface area contributed by atoms with Crippen LogP contribution in [0.5, 0.6) is 0 Å². The Morgan fingerprint density at radius 2 is 0.870 bits per heavy atom. The van der Waals surface area contributed by atoms with Gasteiger partial charge in [0.05, 0.1) is 56.1 Å². The van der Waals surface area contributed by atoms with E-state index < -0.39 is 5.79 Å². The maximum Gasteiger partial charge on any atom is 0.326 e. The highest BCUT2D eigenvalue weighted by Gasteiger charge is 2.41. The largest absolute Gasteiger partial charge is 0.348 e. The number of benzene rings is 6. The topological polar surface area (TPSA) is 100 Å². The van der Waals surface area contributed by atoms with Gasteiger partial charge in [0.15, 0.2) is 5.79 Å². The summed E-state index contributed by atoms with van der Waals surface area (Å²) in [6.45, 7) is 2.05. The molecule has 0 unspecified atom stereocenters. The summed E-state index contributed by atoms with van der Waals surface area (Å²) in [5, 5.41) is 8.84. The first-order valence-electron chi connectivity index (χ1n) is 23.1. The second kappa shape index (κ2) is 20.1. The van der Waals surface area contributed by atoms with Crippen LogP contribution in [-0.2, 0) is 27.4 Å². The molecule has 6 aromatic carbocycles. The SMILES string of the molecule is O=C1CCC(c2cc(-c3ccccc3Cl)c3c(c2)N(c2c(Cl)cccc2Cl)C(=O)NC3)CC1.O=C1NCc2c(-c3ccccc3Cl)cc(C3CCC4(CC3)OCCO4)cc2N1c1c(Cl)cccc1Cl. The zero-order chi connectivity index (χ0) is 48.0. The second-order valence-electron chi connectivity index (χ2n) is 17.9. The smallest absolute Gasteiger partial charge is 0.326 e. The van der Waals surface area contributed by atoms with Gasteiger partial charge in [-0.2, -0.15) is 0 Å². The van der Waals surface area contributed by atoms with Crippen molar-refractivity contribution in [3.8, 4) is 22.3 Å². The van der Waals surface area contributed by atoms with Crippen LogP contribution in [0.15, 0.2) is 109 Å². The number of nitrogens with zero attached hydrogens (tertiary/aromatic N) is 2. The molecule has 0 atom stereocenters. The molecule has 2 N–H and O–H groups in total. The van der Waals surface area contributed by atoms with Crippen molar-refractivity contribution in [1.29, 1.82) is 0 Å². The first-order chi connectivity index (χ1) is 33.4. The Kier molecular flexibility index (Phi) is 14.0. The van der Waals surface area contributed by atoms with Crippen molar-refractivity contribution >= 4 is 110 Å². The highest BCUT2D eigenvalue weighted by molar-refractivity contribution is 6.41. The molecule has 354 valence electrons. The number of fused-ring (bicyclic) bond motifs is 2. The summed E-state index contributed by atoms with van der Waals surface area (Å²) in [6.07, 6.45) is 6.28. The van der Waals surface area contributed by atoms with E-state index in [-0.39, 0.29) is 18.0 Å². The van der Waals surface area contributed by atoms with Crippen LogP contribution in [0, 0.1) is 0 Å². The minimum absolute atomic E-state index is 0.225. The molecule has 9 nitrogen and oxygen atoms in total. The summed E-state index contributed by atoms with van der Waals surface area (Å²) >= 11 is 39.5. The van der Waals surface area contributed by atoms with E-state index in [0.717, 1.165) is 94.4 Å². The van der Waals surface area contributed by atoms with Gasteiger partial charge in [0, 0.05) is 71.1 Å². The Morgan fingerprint density at radius 1 is 0.478 bits per heavy atom. The Hall–Kier alpha value is -4.81. The molecule has 1 saturated heterocycles. The summed E-state index contributed by atoms with van der Waals surface area (Å²) in [7, 11) is 0. The summed E-state index contributed by atoms with van der Waals surface area (Å²) in [5.41, 5.74) is 10.3. The number of para-hydroxylation sites is 2. The lowest BCUT2D eigenvalue weighted by atomic mass is 9.79. The van der Waals surface area contributed by atoms with Crippen LogP contribution in [0.4, 0.5) is 32.3 Å². The van der Waals surface area contributed by atoms with Crippen molar-refractivity contribution in [2.45, 2.75) is 82.1 Å². The molecule has 15 heteroatoms. The monoisotopic (exact) mass is 1040 g/mol. The average Bonchev–Trinajstić information content (AvgIpc) is 3.80. The summed E-state index contributed by atoms with van der Waals surface area (Å²) in [5.74, 6) is 0.388. The lowest BCUT2D eigenvalue weighted by Gasteiger charge is -2.37. The highest BCUT2D eigenvalue weighted by Crippen LogP contribution is 2.50. The van der Waals surface area contributed by atoms with Gasteiger partial charge in [0.1, 0.15) is 5.78 Å². The van der Waals surface area contributed by atoms with Gasteiger partial charge in [-0.15, -0.1) is 0 Å². The summed E-state index contributed by atoms with van der Waals surface area (Å²) < 4.78 is 11.9. The number of halogens is 6. The van der Waals surface area contributed by atoms with E-state index in [0.29, 0.717) is 92.4 Å². The van der Waals surface area contributed by atoms with E-state index in [4.69, 9.17) is 79.1 Å². The van der Waals surface area contributed by atoms with Gasteiger partial charge in [-0.1, -0.05) is 130 Å². The fraction of sp³-hybridized carbons (Fsp3) is 0.278. The van der Waals surface area contributed by atoms with Crippen molar-refractivity contribution in [2.24, 2.45) is 0 Å². The van der Waals surface area contributed by atoms with Gasteiger partial charge in [-0.05, 0) is 108 Å². The molecule has 69 heavy (non-hydrogen) atoms. The Balaban J connectivity index is 0.000000161. The molecule has 5 aliphatic rings. The van der Waals surface area contributed by atoms with E-state index in [1.54, 1.807) is 46.2 Å². The molecule has 6 aromatic rings. The number of nitrogens with one attached hydrogen (secondary N) is 2. The zero-order valence-corrected chi connectivity index (χ0v) is 41.8. The first kappa shape index (κ1) is 47.8. The van der Waals surface area contributed by atoms with Gasteiger partial charge >= 0.3 is 12.1 Å². The fourth-order valence-electron chi connectivity index (χ4n) is 10.4. The average molecular weight is 1040 g/mol. The Labute approximate surface area is 430 Å². The number of Topliss-reactive ketones (excluding diaryl/α,β-unsaturated/α-hetero) is 1. The van der Waals surface area contributed by atoms with E-state index in [2.05, 4.69) is 34.9 Å². The predicted molar refractivity (Wildman–Crippen MR) is 278 cm³/mol. The molecule has 2 aliphatic carbocycles. The second-order valence-corrected chi connectivity index (χ2v) is 20.4. The number of hydrogen-bond donors (Lipinski definition) is 2. The van der Waals surface area contributed by atoms with Crippen LogP contribution in [0.2, 0.25) is 30.1 Å². The van der Waals surface area contributed by atoms with E-state index >= 15 is 0 Å². The number of ether oxygens (including phenoxy) is 2. The highest BCUT2D eigenvalue weighted by atomic mass is 35.5. The van der Waals surface area contributed by atoms with Gasteiger partial charge in [-0.3, -0.25) is 14.6 Å². The molecule has 3 fully saturated rings.